The van der Waals surface area contributed by atoms with Crippen LogP contribution < -0.4 is 17.0 Å². The molecule has 6 heteroatoms. The van der Waals surface area contributed by atoms with Crippen molar-refractivity contribution in [1.29, 1.82) is 0 Å². The van der Waals surface area contributed by atoms with E-state index in [0.717, 1.165) is 11.0 Å². The SMILES string of the molecule is CC1(C)C=CC=C(/C(N)=C(/NN)c2ccc3ncccc3n2)N=C1. The van der Waals surface area contributed by atoms with Crippen molar-refractivity contribution < 1.29 is 0 Å². The maximum absolute atomic E-state index is 6.30. The van der Waals surface area contributed by atoms with Gasteiger partial charge in [0.15, 0.2) is 0 Å². The monoisotopic (exact) mass is 320 g/mol. The molecule has 0 saturated heterocycles. The second-order valence-electron chi connectivity index (χ2n) is 6.16. The van der Waals surface area contributed by atoms with Crippen LogP contribution in [0.25, 0.3) is 16.7 Å². The zero-order valence-corrected chi connectivity index (χ0v) is 13.7. The number of hydrazine groups is 1. The summed E-state index contributed by atoms with van der Waals surface area (Å²) in [6, 6.07) is 7.45. The summed E-state index contributed by atoms with van der Waals surface area (Å²) in [6.45, 7) is 4.15. The molecule has 0 spiro atoms. The molecule has 0 fully saturated rings. The number of aliphatic imine (C=N–C) groups is 1. The lowest BCUT2D eigenvalue weighted by atomic mass is 9.95. The van der Waals surface area contributed by atoms with Gasteiger partial charge in [0, 0.05) is 17.8 Å². The van der Waals surface area contributed by atoms with Gasteiger partial charge in [0.2, 0.25) is 0 Å². The third-order valence-electron chi connectivity index (χ3n) is 3.72. The first kappa shape index (κ1) is 15.9. The highest BCUT2D eigenvalue weighted by Crippen LogP contribution is 2.23. The van der Waals surface area contributed by atoms with E-state index in [-0.39, 0.29) is 5.41 Å². The summed E-state index contributed by atoms with van der Waals surface area (Å²) in [6.07, 6.45) is 9.46. The zero-order valence-electron chi connectivity index (χ0n) is 13.7. The number of nitrogens with one attached hydrogen (secondary N) is 1. The molecule has 0 radical (unpaired) electrons. The Labute approximate surface area is 140 Å². The molecule has 3 heterocycles. The van der Waals surface area contributed by atoms with Crippen LogP contribution in [0.2, 0.25) is 0 Å². The number of nitrogens with zero attached hydrogens (tertiary/aromatic N) is 3. The lowest BCUT2D eigenvalue weighted by Crippen LogP contribution is -2.25. The molecule has 3 rings (SSSR count). The van der Waals surface area contributed by atoms with E-state index in [0.29, 0.717) is 22.8 Å². The predicted octanol–water partition coefficient (Wildman–Crippen LogP) is 2.27. The minimum Gasteiger partial charge on any atom is -0.395 e. The van der Waals surface area contributed by atoms with Gasteiger partial charge in [-0.05, 0) is 30.3 Å². The molecular formula is C18H20N6. The standard InChI is InChI=1S/C18H20N6/c1-18(2)9-3-5-14(22-11-18)16(19)17(24-20)15-8-7-12-13(23-15)6-4-10-21-12/h3-11,24H,19-20H2,1-2H3/b17-16-. The molecule has 122 valence electrons. The molecule has 6 nitrogen and oxygen atoms in total. The number of fused-ring (bicyclic) bond motifs is 1. The molecule has 2 aromatic heterocycles. The van der Waals surface area contributed by atoms with Gasteiger partial charge in [-0.25, -0.2) is 4.98 Å². The van der Waals surface area contributed by atoms with E-state index in [2.05, 4.69) is 40.3 Å². The maximum Gasteiger partial charge on any atom is 0.0999 e. The van der Waals surface area contributed by atoms with Crippen LogP contribution in [-0.4, -0.2) is 16.2 Å². The Balaban J connectivity index is 2.07. The minimum absolute atomic E-state index is 0.123. The number of hydrogen-bond acceptors (Lipinski definition) is 6. The van der Waals surface area contributed by atoms with Gasteiger partial charge in [0.05, 0.1) is 33.8 Å². The lowest BCUT2D eigenvalue weighted by Gasteiger charge is -2.13. The highest BCUT2D eigenvalue weighted by molar-refractivity contribution is 5.79. The first-order valence-corrected chi connectivity index (χ1v) is 7.64. The molecule has 5 N–H and O–H groups in total. The van der Waals surface area contributed by atoms with Crippen LogP contribution in [0.1, 0.15) is 19.5 Å². The Kier molecular flexibility index (Phi) is 4.14. The number of aromatic nitrogens is 2. The van der Waals surface area contributed by atoms with E-state index < -0.39 is 0 Å². The third kappa shape index (κ3) is 3.18. The molecule has 0 saturated carbocycles. The molecular weight excluding hydrogens is 300 g/mol. The summed E-state index contributed by atoms with van der Waals surface area (Å²) in [5.41, 5.74) is 12.7. The van der Waals surface area contributed by atoms with Gasteiger partial charge >= 0.3 is 0 Å². The van der Waals surface area contributed by atoms with E-state index in [1.807, 2.05) is 42.6 Å². The highest BCUT2D eigenvalue weighted by Gasteiger charge is 2.16. The van der Waals surface area contributed by atoms with Crippen molar-refractivity contribution in [3.8, 4) is 0 Å². The fourth-order valence-electron chi connectivity index (χ4n) is 2.38. The smallest absolute Gasteiger partial charge is 0.0999 e. The van der Waals surface area contributed by atoms with E-state index in [9.17, 15) is 0 Å². The van der Waals surface area contributed by atoms with Crippen LogP contribution in [-0.2, 0) is 0 Å². The van der Waals surface area contributed by atoms with Crippen LogP contribution in [0, 0.1) is 5.41 Å². The van der Waals surface area contributed by atoms with Gasteiger partial charge in [0.1, 0.15) is 0 Å². The van der Waals surface area contributed by atoms with Gasteiger partial charge in [-0.1, -0.05) is 26.0 Å². The summed E-state index contributed by atoms with van der Waals surface area (Å²) in [4.78, 5) is 13.3. The molecule has 0 aromatic carbocycles. The van der Waals surface area contributed by atoms with Crippen LogP contribution in [0.3, 0.4) is 0 Å². The number of nitrogens with two attached hydrogens (primary N) is 2. The summed E-state index contributed by atoms with van der Waals surface area (Å²) >= 11 is 0. The predicted molar refractivity (Wildman–Crippen MR) is 97.5 cm³/mol. The van der Waals surface area contributed by atoms with Gasteiger partial charge in [-0.3, -0.25) is 15.8 Å². The second kappa shape index (κ2) is 6.25. The fourth-order valence-corrected chi connectivity index (χ4v) is 2.38. The van der Waals surface area contributed by atoms with Crippen molar-refractivity contribution >= 4 is 22.9 Å². The molecule has 0 bridgehead atoms. The Bertz CT molecular complexity index is 889. The fraction of sp³-hybridized carbons (Fsp3) is 0.167. The van der Waals surface area contributed by atoms with Crippen molar-refractivity contribution in [3.63, 3.8) is 0 Å². The van der Waals surface area contributed by atoms with Crippen LogP contribution in [0.15, 0.2) is 65.1 Å². The van der Waals surface area contributed by atoms with Crippen LogP contribution >= 0.6 is 0 Å². The van der Waals surface area contributed by atoms with Gasteiger partial charge in [-0.2, -0.15) is 0 Å². The molecule has 2 aromatic rings. The number of allylic oxidation sites excluding steroid dienone is 3. The van der Waals surface area contributed by atoms with Crippen molar-refractivity contribution in [2.24, 2.45) is 22.0 Å². The van der Waals surface area contributed by atoms with Crippen LogP contribution in [0.5, 0.6) is 0 Å². The van der Waals surface area contributed by atoms with Gasteiger partial charge in [0.25, 0.3) is 0 Å². The maximum atomic E-state index is 6.30. The van der Waals surface area contributed by atoms with E-state index in [1.54, 1.807) is 6.20 Å². The Morgan fingerprint density at radius 1 is 1.17 bits per heavy atom. The first-order valence-electron chi connectivity index (χ1n) is 7.64. The molecule has 0 aliphatic carbocycles. The van der Waals surface area contributed by atoms with Gasteiger partial charge in [-0.15, -0.1) is 0 Å². The normalized spacial score (nSPS) is 17.2. The summed E-state index contributed by atoms with van der Waals surface area (Å²) in [5, 5.41) is 0. The Morgan fingerprint density at radius 2 is 2.00 bits per heavy atom. The van der Waals surface area contributed by atoms with E-state index in [4.69, 9.17) is 11.6 Å². The Hall–Kier alpha value is -2.99. The first-order chi connectivity index (χ1) is 11.5. The van der Waals surface area contributed by atoms with E-state index >= 15 is 0 Å². The van der Waals surface area contributed by atoms with Crippen molar-refractivity contribution in [3.05, 3.63) is 65.8 Å². The third-order valence-corrected chi connectivity index (χ3v) is 3.72. The average molecular weight is 320 g/mol. The quantitative estimate of drug-likeness (QED) is 0.595. The van der Waals surface area contributed by atoms with Crippen molar-refractivity contribution in [1.82, 2.24) is 15.4 Å². The number of pyridine rings is 2. The second-order valence-corrected chi connectivity index (χ2v) is 6.16. The number of rotatable bonds is 3. The largest absolute Gasteiger partial charge is 0.395 e. The summed E-state index contributed by atoms with van der Waals surface area (Å²) in [5.74, 6) is 5.71. The van der Waals surface area contributed by atoms with Gasteiger partial charge < -0.3 is 11.2 Å². The molecule has 1 aliphatic heterocycles. The van der Waals surface area contributed by atoms with Crippen molar-refractivity contribution in [2.75, 3.05) is 0 Å². The number of hydrogen-bond donors (Lipinski definition) is 3. The molecule has 0 atom stereocenters. The molecule has 0 amide bonds. The van der Waals surface area contributed by atoms with Crippen LogP contribution in [0.4, 0.5) is 0 Å². The Morgan fingerprint density at radius 3 is 2.79 bits per heavy atom. The van der Waals surface area contributed by atoms with Crippen molar-refractivity contribution in [2.45, 2.75) is 13.8 Å². The molecule has 1 aliphatic rings. The summed E-state index contributed by atoms with van der Waals surface area (Å²) in [7, 11) is 0. The molecule has 24 heavy (non-hydrogen) atoms. The minimum atomic E-state index is -0.123. The zero-order chi connectivity index (χ0) is 17.2. The topological polar surface area (TPSA) is 102 Å². The summed E-state index contributed by atoms with van der Waals surface area (Å²) < 4.78 is 0. The lowest BCUT2D eigenvalue weighted by molar-refractivity contribution is 0.695. The average Bonchev–Trinajstić information content (AvgIpc) is 2.76. The van der Waals surface area contributed by atoms with E-state index in [1.165, 1.54) is 0 Å². The highest BCUT2D eigenvalue weighted by atomic mass is 15.2. The molecule has 0 unspecified atom stereocenters.